The molecule has 98 valence electrons. The minimum Gasteiger partial charge on any atom is -0.320 e. The maximum absolute atomic E-state index is 12.6. The molecule has 4 fully saturated rings. The van der Waals surface area contributed by atoms with Crippen LogP contribution in [-0.2, 0) is 0 Å². The molecule has 0 aliphatic heterocycles. The Balaban J connectivity index is 1.74. The quantitative estimate of drug-likeness (QED) is 0.794. The van der Waals surface area contributed by atoms with Crippen molar-refractivity contribution in [2.45, 2.75) is 57.2 Å². The highest BCUT2D eigenvalue weighted by Gasteiger charge is 2.53. The molecule has 0 aromatic heterocycles. The Kier molecular flexibility index (Phi) is 2.52. The third-order valence-corrected chi connectivity index (χ3v) is 5.24. The fourth-order valence-electron chi connectivity index (χ4n) is 5.12. The zero-order chi connectivity index (χ0) is 12.3. The standard InChI is InChI=1S/C13H20F3N/c14-13(15,16)11(17)7-12-4-8-1-9(5-12)3-10(2-8)6-12/h8-11H,1-7,17H2. The second-order valence-electron chi connectivity index (χ2n) is 6.77. The van der Waals surface area contributed by atoms with Crippen LogP contribution in [-0.4, -0.2) is 12.2 Å². The normalized spacial score (nSPS) is 46.2. The number of halogens is 3. The van der Waals surface area contributed by atoms with Gasteiger partial charge in [0.25, 0.3) is 0 Å². The number of rotatable bonds is 2. The van der Waals surface area contributed by atoms with Crippen LogP contribution in [0.25, 0.3) is 0 Å². The summed E-state index contributed by atoms with van der Waals surface area (Å²) in [6, 6.07) is -1.61. The van der Waals surface area contributed by atoms with Gasteiger partial charge >= 0.3 is 6.18 Å². The summed E-state index contributed by atoms with van der Waals surface area (Å²) in [6.45, 7) is 0. The molecule has 1 atom stereocenters. The molecule has 0 heterocycles. The van der Waals surface area contributed by atoms with Gasteiger partial charge in [-0.05, 0) is 68.1 Å². The van der Waals surface area contributed by atoms with Crippen molar-refractivity contribution in [3.63, 3.8) is 0 Å². The van der Waals surface area contributed by atoms with Crippen molar-refractivity contribution in [3.05, 3.63) is 0 Å². The zero-order valence-electron chi connectivity index (χ0n) is 9.97. The molecule has 4 rings (SSSR count). The van der Waals surface area contributed by atoms with Crippen molar-refractivity contribution in [1.29, 1.82) is 0 Å². The van der Waals surface area contributed by atoms with E-state index in [-0.39, 0.29) is 11.8 Å². The molecular formula is C13H20F3N. The fraction of sp³-hybridized carbons (Fsp3) is 1.00. The van der Waals surface area contributed by atoms with Crippen LogP contribution in [0.4, 0.5) is 13.2 Å². The van der Waals surface area contributed by atoms with Crippen molar-refractivity contribution < 1.29 is 13.2 Å². The van der Waals surface area contributed by atoms with Crippen LogP contribution < -0.4 is 5.73 Å². The molecule has 4 saturated carbocycles. The van der Waals surface area contributed by atoms with Gasteiger partial charge in [-0.15, -0.1) is 0 Å². The largest absolute Gasteiger partial charge is 0.403 e. The molecule has 4 heteroatoms. The van der Waals surface area contributed by atoms with E-state index in [2.05, 4.69) is 0 Å². The molecule has 0 radical (unpaired) electrons. The highest BCUT2D eigenvalue weighted by atomic mass is 19.4. The third-order valence-electron chi connectivity index (χ3n) is 5.24. The first-order valence-corrected chi connectivity index (χ1v) is 6.69. The first-order valence-electron chi connectivity index (χ1n) is 6.69. The highest BCUT2D eigenvalue weighted by Crippen LogP contribution is 2.61. The first kappa shape index (κ1) is 11.8. The monoisotopic (exact) mass is 247 g/mol. The summed E-state index contributed by atoms with van der Waals surface area (Å²) < 4.78 is 37.8. The van der Waals surface area contributed by atoms with Gasteiger partial charge in [0, 0.05) is 0 Å². The number of alkyl halides is 3. The lowest BCUT2D eigenvalue weighted by Crippen LogP contribution is -2.50. The average molecular weight is 247 g/mol. The molecular weight excluding hydrogens is 227 g/mol. The maximum Gasteiger partial charge on any atom is 0.403 e. The summed E-state index contributed by atoms with van der Waals surface area (Å²) in [5.74, 6) is 2.09. The highest BCUT2D eigenvalue weighted by molar-refractivity contribution is 5.02. The van der Waals surface area contributed by atoms with Crippen LogP contribution >= 0.6 is 0 Å². The first-order chi connectivity index (χ1) is 7.86. The molecule has 0 aromatic carbocycles. The lowest BCUT2D eigenvalue weighted by Gasteiger charge is -2.57. The van der Waals surface area contributed by atoms with Crippen LogP contribution in [0.1, 0.15) is 44.9 Å². The second kappa shape index (κ2) is 3.62. The van der Waals surface area contributed by atoms with Gasteiger partial charge in [0.1, 0.15) is 6.04 Å². The molecule has 2 N–H and O–H groups in total. The smallest absolute Gasteiger partial charge is 0.320 e. The zero-order valence-corrected chi connectivity index (χ0v) is 9.97. The van der Waals surface area contributed by atoms with Crippen molar-refractivity contribution >= 4 is 0 Å². The van der Waals surface area contributed by atoms with Crippen molar-refractivity contribution in [3.8, 4) is 0 Å². The van der Waals surface area contributed by atoms with Crippen LogP contribution in [0.3, 0.4) is 0 Å². The van der Waals surface area contributed by atoms with Crippen molar-refractivity contribution in [2.24, 2.45) is 28.9 Å². The number of hydrogen-bond donors (Lipinski definition) is 1. The van der Waals surface area contributed by atoms with Crippen LogP contribution in [0.2, 0.25) is 0 Å². The second-order valence-corrected chi connectivity index (χ2v) is 6.77. The molecule has 0 aromatic rings. The van der Waals surface area contributed by atoms with E-state index in [0.29, 0.717) is 17.8 Å². The molecule has 1 unspecified atom stereocenters. The number of hydrogen-bond acceptors (Lipinski definition) is 1. The average Bonchev–Trinajstić information content (AvgIpc) is 2.12. The molecule has 1 nitrogen and oxygen atoms in total. The summed E-state index contributed by atoms with van der Waals surface area (Å²) in [5.41, 5.74) is 5.28. The van der Waals surface area contributed by atoms with E-state index < -0.39 is 12.2 Å². The summed E-state index contributed by atoms with van der Waals surface area (Å²) in [6.07, 6.45) is 2.75. The molecule has 4 bridgehead atoms. The molecule has 0 spiro atoms. The van der Waals surface area contributed by atoms with Crippen LogP contribution in [0, 0.1) is 23.2 Å². The molecule has 4 aliphatic rings. The van der Waals surface area contributed by atoms with Gasteiger partial charge in [-0.2, -0.15) is 13.2 Å². The van der Waals surface area contributed by atoms with Gasteiger partial charge in [0.15, 0.2) is 0 Å². The SMILES string of the molecule is NC(CC12CC3CC(CC(C3)C1)C2)C(F)(F)F. The minimum atomic E-state index is -4.22. The Morgan fingerprint density at radius 2 is 1.41 bits per heavy atom. The fourth-order valence-corrected chi connectivity index (χ4v) is 5.12. The van der Waals surface area contributed by atoms with Gasteiger partial charge in [-0.1, -0.05) is 0 Å². The van der Waals surface area contributed by atoms with Crippen LogP contribution in [0.15, 0.2) is 0 Å². The van der Waals surface area contributed by atoms with Gasteiger partial charge in [0.05, 0.1) is 0 Å². The maximum atomic E-state index is 12.6. The minimum absolute atomic E-state index is 0.0658. The van der Waals surface area contributed by atoms with Gasteiger partial charge < -0.3 is 5.73 Å². The van der Waals surface area contributed by atoms with E-state index in [1.807, 2.05) is 0 Å². The predicted octanol–water partition coefficient (Wildman–Crippen LogP) is 3.48. The Morgan fingerprint density at radius 3 is 1.76 bits per heavy atom. The molecule has 0 amide bonds. The van der Waals surface area contributed by atoms with Gasteiger partial charge in [-0.3, -0.25) is 0 Å². The van der Waals surface area contributed by atoms with Gasteiger partial charge in [0.2, 0.25) is 0 Å². The Labute approximate surface area is 99.9 Å². The van der Waals surface area contributed by atoms with E-state index in [0.717, 1.165) is 19.3 Å². The lowest BCUT2D eigenvalue weighted by atomic mass is 9.48. The summed E-state index contributed by atoms with van der Waals surface area (Å²) in [4.78, 5) is 0. The van der Waals surface area contributed by atoms with E-state index in [1.54, 1.807) is 0 Å². The topological polar surface area (TPSA) is 26.0 Å². The molecule has 17 heavy (non-hydrogen) atoms. The van der Waals surface area contributed by atoms with E-state index in [9.17, 15) is 13.2 Å². The number of nitrogens with two attached hydrogens (primary N) is 1. The van der Waals surface area contributed by atoms with Crippen LogP contribution in [0.5, 0.6) is 0 Å². The third kappa shape index (κ3) is 2.09. The summed E-state index contributed by atoms with van der Waals surface area (Å²) in [5, 5.41) is 0. The van der Waals surface area contributed by atoms with Crippen molar-refractivity contribution in [2.75, 3.05) is 0 Å². The summed E-state index contributed by atoms with van der Waals surface area (Å²) in [7, 11) is 0. The molecule has 4 aliphatic carbocycles. The summed E-state index contributed by atoms with van der Waals surface area (Å²) >= 11 is 0. The Morgan fingerprint density at radius 1 is 1.00 bits per heavy atom. The lowest BCUT2D eigenvalue weighted by molar-refractivity contribution is -0.165. The Hall–Kier alpha value is -0.250. The van der Waals surface area contributed by atoms with E-state index in [1.165, 1.54) is 19.3 Å². The van der Waals surface area contributed by atoms with Gasteiger partial charge in [-0.25, -0.2) is 0 Å². The van der Waals surface area contributed by atoms with E-state index >= 15 is 0 Å². The predicted molar refractivity (Wildman–Crippen MR) is 59.3 cm³/mol. The molecule has 0 saturated heterocycles. The van der Waals surface area contributed by atoms with E-state index in [4.69, 9.17) is 5.73 Å². The van der Waals surface area contributed by atoms with Crippen molar-refractivity contribution in [1.82, 2.24) is 0 Å². The Bertz CT molecular complexity index is 275.